The molecule has 0 aliphatic carbocycles. The Labute approximate surface area is 195 Å². The third kappa shape index (κ3) is 6.40. The first-order valence-corrected chi connectivity index (χ1v) is 12.8. The van der Waals surface area contributed by atoms with Gasteiger partial charge in [-0.1, -0.05) is 83.3 Å². The Hall–Kier alpha value is -2.19. The SMILES string of the molecule is CC(=O)OC[C@@H](OC=O)[C@@H](OC(C)=O)[C@@H](CI)P(=O)(c1ccccc1)c1ccccc1. The third-order valence-corrected chi connectivity index (χ3v) is 9.82. The number of hydrogen-bond donors (Lipinski definition) is 0. The van der Waals surface area contributed by atoms with Gasteiger partial charge in [0.1, 0.15) is 6.61 Å². The largest absolute Gasteiger partial charge is 0.462 e. The predicted octanol–water partition coefficient (Wildman–Crippen LogP) is 2.84. The molecule has 7 nitrogen and oxygen atoms in total. The number of alkyl halides is 1. The fourth-order valence-corrected chi connectivity index (χ4v) is 8.62. The second-order valence-electron chi connectivity index (χ2n) is 6.70. The lowest BCUT2D eigenvalue weighted by molar-refractivity contribution is -0.166. The Morgan fingerprint density at radius 3 is 1.87 bits per heavy atom. The van der Waals surface area contributed by atoms with Crippen molar-refractivity contribution in [3.8, 4) is 0 Å². The summed E-state index contributed by atoms with van der Waals surface area (Å²) < 4.78 is 30.8. The average Bonchev–Trinajstić information content (AvgIpc) is 2.77. The molecule has 0 unspecified atom stereocenters. The molecule has 2 rings (SSSR count). The molecule has 3 atom stereocenters. The van der Waals surface area contributed by atoms with E-state index in [2.05, 4.69) is 22.6 Å². The fourth-order valence-electron chi connectivity index (χ4n) is 3.30. The van der Waals surface area contributed by atoms with Gasteiger partial charge in [-0.05, 0) is 0 Å². The van der Waals surface area contributed by atoms with E-state index in [9.17, 15) is 18.9 Å². The summed E-state index contributed by atoms with van der Waals surface area (Å²) in [6, 6.07) is 17.8. The number of rotatable bonds is 11. The Bertz CT molecular complexity index is 876. The van der Waals surface area contributed by atoms with Crippen molar-refractivity contribution >= 4 is 58.8 Å². The van der Waals surface area contributed by atoms with Crippen LogP contribution in [0.15, 0.2) is 60.7 Å². The van der Waals surface area contributed by atoms with Gasteiger partial charge >= 0.3 is 11.9 Å². The van der Waals surface area contributed by atoms with E-state index < -0.39 is 36.9 Å². The van der Waals surface area contributed by atoms with Crippen molar-refractivity contribution in [2.75, 3.05) is 11.0 Å². The summed E-state index contributed by atoms with van der Waals surface area (Å²) >= 11 is 2.08. The molecule has 0 aliphatic heterocycles. The van der Waals surface area contributed by atoms with Crippen LogP contribution >= 0.6 is 29.7 Å². The van der Waals surface area contributed by atoms with Crippen LogP contribution in [0.2, 0.25) is 0 Å². The highest BCUT2D eigenvalue weighted by molar-refractivity contribution is 14.1. The molecule has 0 amide bonds. The highest BCUT2D eigenvalue weighted by Crippen LogP contribution is 2.52. The van der Waals surface area contributed by atoms with Crippen LogP contribution in [0.4, 0.5) is 0 Å². The third-order valence-electron chi connectivity index (χ3n) is 4.63. The first-order valence-electron chi connectivity index (χ1n) is 9.51. The molecule has 0 heterocycles. The maximum absolute atomic E-state index is 14.8. The zero-order chi connectivity index (χ0) is 22.9. The molecule has 0 N–H and O–H groups in total. The van der Waals surface area contributed by atoms with Crippen LogP contribution in [0.3, 0.4) is 0 Å². The predicted molar refractivity (Wildman–Crippen MR) is 126 cm³/mol. The quantitative estimate of drug-likeness (QED) is 0.105. The standard InChI is InChI=1S/C22H24IO7P/c1-16(25)28-14-20(29-15-24)22(30-17(2)26)21(13-23)31(27,18-9-5-3-6-10-18)19-11-7-4-8-12-19/h3-12,15,20-22H,13-14H2,1-2H3/t20-,21-,22-/m1/s1. The molecule has 0 radical (unpaired) electrons. The minimum atomic E-state index is -3.39. The van der Waals surface area contributed by atoms with Crippen molar-refractivity contribution in [3.05, 3.63) is 60.7 Å². The number of carbonyl (C=O) groups excluding carboxylic acids is 3. The zero-order valence-electron chi connectivity index (χ0n) is 17.2. The summed E-state index contributed by atoms with van der Waals surface area (Å²) in [6.45, 7) is 2.30. The van der Waals surface area contributed by atoms with E-state index in [-0.39, 0.29) is 13.1 Å². The maximum atomic E-state index is 14.8. The Balaban J connectivity index is 2.65. The van der Waals surface area contributed by atoms with E-state index in [4.69, 9.17) is 14.2 Å². The van der Waals surface area contributed by atoms with Crippen molar-refractivity contribution in [3.63, 3.8) is 0 Å². The molecule has 0 aliphatic rings. The van der Waals surface area contributed by atoms with E-state index in [0.29, 0.717) is 15.0 Å². The summed E-state index contributed by atoms with van der Waals surface area (Å²) in [7, 11) is -3.39. The van der Waals surface area contributed by atoms with Crippen molar-refractivity contribution < 1.29 is 33.2 Å². The number of carbonyl (C=O) groups is 3. The van der Waals surface area contributed by atoms with Gasteiger partial charge in [0, 0.05) is 28.9 Å². The van der Waals surface area contributed by atoms with E-state index >= 15 is 0 Å². The summed E-state index contributed by atoms with van der Waals surface area (Å²) in [4.78, 5) is 34.5. The molecule has 0 aromatic heterocycles. The van der Waals surface area contributed by atoms with Gasteiger partial charge in [-0.2, -0.15) is 0 Å². The molecular weight excluding hydrogens is 534 g/mol. The Morgan fingerprint density at radius 1 is 0.968 bits per heavy atom. The van der Waals surface area contributed by atoms with Crippen molar-refractivity contribution in [1.82, 2.24) is 0 Å². The molecule has 2 aromatic carbocycles. The second kappa shape index (κ2) is 12.0. The van der Waals surface area contributed by atoms with E-state index in [0.717, 1.165) is 0 Å². The van der Waals surface area contributed by atoms with Crippen molar-refractivity contribution in [2.45, 2.75) is 31.7 Å². The summed E-state index contributed by atoms with van der Waals surface area (Å²) in [5, 5.41) is 1.16. The van der Waals surface area contributed by atoms with Gasteiger partial charge in [0.25, 0.3) is 6.47 Å². The molecule has 0 bridgehead atoms. The van der Waals surface area contributed by atoms with Gasteiger partial charge in [-0.25, -0.2) is 0 Å². The topological polar surface area (TPSA) is 96.0 Å². The fraction of sp³-hybridized carbons (Fsp3) is 0.318. The molecule has 2 aromatic rings. The van der Waals surface area contributed by atoms with Crippen LogP contribution in [0, 0.1) is 0 Å². The minimum absolute atomic E-state index is 0.199. The zero-order valence-corrected chi connectivity index (χ0v) is 20.2. The summed E-state index contributed by atoms with van der Waals surface area (Å²) in [5.74, 6) is -1.21. The smallest absolute Gasteiger partial charge is 0.303 e. The molecule has 0 spiro atoms. The average molecular weight is 558 g/mol. The Morgan fingerprint density at radius 2 is 1.48 bits per heavy atom. The highest BCUT2D eigenvalue weighted by atomic mass is 127. The lowest BCUT2D eigenvalue weighted by atomic mass is 10.1. The summed E-state index contributed by atoms with van der Waals surface area (Å²) in [6.07, 6.45) is -2.23. The highest BCUT2D eigenvalue weighted by Gasteiger charge is 2.46. The van der Waals surface area contributed by atoms with E-state index in [1.54, 1.807) is 48.5 Å². The van der Waals surface area contributed by atoms with Gasteiger partial charge in [-0.15, -0.1) is 0 Å². The number of esters is 2. The van der Waals surface area contributed by atoms with Gasteiger partial charge in [0.2, 0.25) is 0 Å². The molecule has 0 saturated heterocycles. The summed E-state index contributed by atoms with van der Waals surface area (Å²) in [5.41, 5.74) is -0.748. The molecule has 166 valence electrons. The minimum Gasteiger partial charge on any atom is -0.462 e. The number of benzene rings is 2. The first-order chi connectivity index (χ1) is 14.8. The monoisotopic (exact) mass is 558 g/mol. The van der Waals surface area contributed by atoms with Gasteiger partial charge in [0.15, 0.2) is 19.3 Å². The molecule has 9 heteroatoms. The number of ether oxygens (including phenoxy) is 3. The molecule has 0 saturated carbocycles. The maximum Gasteiger partial charge on any atom is 0.303 e. The molecule has 0 fully saturated rings. The van der Waals surface area contributed by atoms with Crippen LogP contribution in [0.1, 0.15) is 13.8 Å². The van der Waals surface area contributed by atoms with Crippen LogP contribution in [-0.2, 0) is 33.2 Å². The van der Waals surface area contributed by atoms with Crippen LogP contribution < -0.4 is 10.6 Å². The lowest BCUT2D eigenvalue weighted by Gasteiger charge is -2.36. The number of halogens is 1. The van der Waals surface area contributed by atoms with Gasteiger partial charge in [0.05, 0.1) is 5.66 Å². The van der Waals surface area contributed by atoms with E-state index in [1.807, 2.05) is 12.1 Å². The van der Waals surface area contributed by atoms with Gasteiger partial charge in [-0.3, -0.25) is 14.4 Å². The molecular formula is C22H24IO7P. The van der Waals surface area contributed by atoms with Gasteiger partial charge < -0.3 is 18.8 Å². The first kappa shape index (κ1) is 25.1. The Kier molecular flexibility index (Phi) is 9.71. The number of hydrogen-bond acceptors (Lipinski definition) is 7. The normalized spacial score (nSPS) is 14.0. The second-order valence-corrected chi connectivity index (χ2v) is 10.6. The van der Waals surface area contributed by atoms with Crippen LogP contribution in [-0.4, -0.2) is 47.3 Å². The van der Waals surface area contributed by atoms with E-state index in [1.165, 1.54) is 13.8 Å². The van der Waals surface area contributed by atoms with Crippen molar-refractivity contribution in [2.24, 2.45) is 0 Å². The van der Waals surface area contributed by atoms with Crippen LogP contribution in [0.25, 0.3) is 0 Å². The lowest BCUT2D eigenvalue weighted by Crippen LogP contribution is -2.48. The van der Waals surface area contributed by atoms with Crippen LogP contribution in [0.5, 0.6) is 0 Å². The molecule has 31 heavy (non-hydrogen) atoms. The van der Waals surface area contributed by atoms with Crippen molar-refractivity contribution in [1.29, 1.82) is 0 Å².